The molecule has 1 aromatic heterocycles. The van der Waals surface area contributed by atoms with Gasteiger partial charge in [0.25, 0.3) is 5.91 Å². The molecule has 1 heterocycles. The second kappa shape index (κ2) is 8.13. The van der Waals surface area contributed by atoms with Gasteiger partial charge in [-0.25, -0.2) is 9.97 Å². The number of nitrogens with zero attached hydrogens (tertiary/aromatic N) is 2. The molecule has 0 saturated heterocycles. The number of hydrogen-bond donors (Lipinski definition) is 2. The first-order chi connectivity index (χ1) is 11.7. The Balaban J connectivity index is 2.12. The second-order valence-corrected chi connectivity index (χ2v) is 8.24. The predicted molar refractivity (Wildman–Crippen MR) is 99.5 cm³/mol. The van der Waals surface area contributed by atoms with Gasteiger partial charge in [0, 0.05) is 19.3 Å². The number of anilines is 1. The van der Waals surface area contributed by atoms with E-state index in [4.69, 9.17) is 10.5 Å². The average Bonchev–Trinajstić information content (AvgIpc) is 2.54. The fourth-order valence-corrected chi connectivity index (χ4v) is 3.07. The predicted octanol–water partition coefficient (Wildman–Crippen LogP) is 3.17. The van der Waals surface area contributed by atoms with Crippen LogP contribution in [0.4, 0.5) is 5.95 Å². The number of carbonyl (C=O) groups excluding carboxylic acids is 1. The summed E-state index contributed by atoms with van der Waals surface area (Å²) < 4.78 is 5.42. The summed E-state index contributed by atoms with van der Waals surface area (Å²) in [6.07, 6.45) is 6.78. The number of methoxy groups -OCH3 is 1. The van der Waals surface area contributed by atoms with E-state index in [2.05, 4.69) is 43.0 Å². The maximum Gasteiger partial charge on any atom is 0.252 e. The number of ether oxygens (including phenoxy) is 1. The molecule has 140 valence electrons. The van der Waals surface area contributed by atoms with Gasteiger partial charge in [-0.2, -0.15) is 0 Å². The fraction of sp³-hybridized carbons (Fsp3) is 0.737. The molecule has 1 amide bonds. The van der Waals surface area contributed by atoms with Gasteiger partial charge in [0.15, 0.2) is 0 Å². The van der Waals surface area contributed by atoms with Crippen LogP contribution < -0.4 is 11.1 Å². The highest BCUT2D eigenvalue weighted by molar-refractivity contribution is 5.93. The molecule has 0 bridgehead atoms. The van der Waals surface area contributed by atoms with Crippen molar-refractivity contribution < 1.29 is 9.53 Å². The summed E-state index contributed by atoms with van der Waals surface area (Å²) >= 11 is 0. The van der Waals surface area contributed by atoms with Crippen LogP contribution in [0.1, 0.15) is 69.4 Å². The zero-order valence-corrected chi connectivity index (χ0v) is 16.1. The van der Waals surface area contributed by atoms with Crippen molar-refractivity contribution >= 4 is 11.9 Å². The van der Waals surface area contributed by atoms with Crippen molar-refractivity contribution in [1.82, 2.24) is 9.97 Å². The summed E-state index contributed by atoms with van der Waals surface area (Å²) in [5.41, 5.74) is 6.80. The van der Waals surface area contributed by atoms with Gasteiger partial charge in [-0.15, -0.1) is 0 Å². The van der Waals surface area contributed by atoms with Gasteiger partial charge in [0.05, 0.1) is 17.4 Å². The smallest absolute Gasteiger partial charge is 0.252 e. The van der Waals surface area contributed by atoms with Crippen molar-refractivity contribution in [3.8, 4) is 0 Å². The first kappa shape index (κ1) is 19.6. The van der Waals surface area contributed by atoms with Crippen molar-refractivity contribution in [3.63, 3.8) is 0 Å². The summed E-state index contributed by atoms with van der Waals surface area (Å²) in [4.78, 5) is 20.7. The van der Waals surface area contributed by atoms with E-state index in [9.17, 15) is 4.79 Å². The molecule has 2 rings (SSSR count). The molecule has 25 heavy (non-hydrogen) atoms. The van der Waals surface area contributed by atoms with Crippen LogP contribution in [0.5, 0.6) is 0 Å². The van der Waals surface area contributed by atoms with E-state index in [0.29, 0.717) is 36.0 Å². The molecule has 1 saturated carbocycles. The number of primary amides is 1. The van der Waals surface area contributed by atoms with Crippen molar-refractivity contribution in [3.05, 3.63) is 17.5 Å². The first-order valence-corrected chi connectivity index (χ1v) is 9.15. The van der Waals surface area contributed by atoms with E-state index in [0.717, 1.165) is 31.4 Å². The minimum Gasteiger partial charge on any atom is -0.381 e. The minimum atomic E-state index is -0.469. The molecular formula is C19H32N4O2. The zero-order valence-electron chi connectivity index (χ0n) is 16.1. The van der Waals surface area contributed by atoms with E-state index in [-0.39, 0.29) is 5.41 Å². The minimum absolute atomic E-state index is 0.131. The van der Waals surface area contributed by atoms with Gasteiger partial charge in [-0.1, -0.05) is 27.7 Å². The summed E-state index contributed by atoms with van der Waals surface area (Å²) in [6, 6.07) is 0.346. The third-order valence-electron chi connectivity index (χ3n) is 5.45. The average molecular weight is 348 g/mol. The summed E-state index contributed by atoms with van der Waals surface area (Å²) in [5.74, 6) is 0.482. The second-order valence-electron chi connectivity index (χ2n) is 8.24. The van der Waals surface area contributed by atoms with Crippen molar-refractivity contribution in [2.75, 3.05) is 12.4 Å². The maximum absolute atomic E-state index is 11.7. The molecule has 0 aromatic carbocycles. The lowest BCUT2D eigenvalue weighted by atomic mass is 9.79. The molecule has 3 N–H and O–H groups in total. The maximum atomic E-state index is 11.7. The third-order valence-corrected chi connectivity index (χ3v) is 5.45. The van der Waals surface area contributed by atoms with E-state index in [1.54, 1.807) is 13.3 Å². The molecule has 1 atom stereocenters. The Bertz CT molecular complexity index is 590. The van der Waals surface area contributed by atoms with Crippen LogP contribution in [0.25, 0.3) is 0 Å². The Kier molecular flexibility index (Phi) is 6.38. The summed E-state index contributed by atoms with van der Waals surface area (Å²) in [7, 11) is 1.77. The lowest BCUT2D eigenvalue weighted by molar-refractivity contribution is 0.0681. The van der Waals surface area contributed by atoms with E-state index in [1.807, 2.05) is 0 Å². The highest BCUT2D eigenvalue weighted by Crippen LogP contribution is 2.29. The van der Waals surface area contributed by atoms with E-state index < -0.39 is 5.91 Å². The zero-order chi connectivity index (χ0) is 18.6. The van der Waals surface area contributed by atoms with Crippen LogP contribution in [0.3, 0.4) is 0 Å². The topological polar surface area (TPSA) is 90.1 Å². The fourth-order valence-electron chi connectivity index (χ4n) is 3.07. The lowest BCUT2D eigenvalue weighted by Gasteiger charge is -2.29. The molecule has 6 heteroatoms. The van der Waals surface area contributed by atoms with Crippen LogP contribution in [-0.4, -0.2) is 35.1 Å². The monoisotopic (exact) mass is 348 g/mol. The molecule has 0 spiro atoms. The van der Waals surface area contributed by atoms with Crippen LogP contribution in [0, 0.1) is 11.3 Å². The van der Waals surface area contributed by atoms with Gasteiger partial charge in [-0.05, 0) is 43.4 Å². The van der Waals surface area contributed by atoms with E-state index >= 15 is 0 Å². The number of hydrogen-bond acceptors (Lipinski definition) is 5. The Hall–Kier alpha value is -1.69. The Labute approximate surface area is 151 Å². The molecule has 1 aliphatic rings. The third kappa shape index (κ3) is 5.39. The SMILES string of the molecule is COC1CCC(Nc2ncc(C(N)=O)c(C[C@H](C)C(C)(C)C)n2)CC1. The van der Waals surface area contributed by atoms with Crippen LogP contribution in [-0.2, 0) is 11.2 Å². The molecule has 0 aliphatic heterocycles. The molecule has 6 nitrogen and oxygen atoms in total. The standard InChI is InChI=1S/C19H32N4O2/c1-12(19(2,3)4)10-16-15(17(20)24)11-21-18(23-16)22-13-6-8-14(25-5)9-7-13/h11-14H,6-10H2,1-5H3,(H2,20,24)(H,21,22,23)/t12-,13?,14?/m0/s1. The number of carbonyl (C=O) groups is 1. The van der Waals surface area contributed by atoms with Crippen molar-refractivity contribution in [1.29, 1.82) is 0 Å². The molecule has 0 unspecified atom stereocenters. The quantitative estimate of drug-likeness (QED) is 0.824. The number of nitrogens with two attached hydrogens (primary N) is 1. The number of amides is 1. The Morgan fingerprint density at radius 2 is 2.00 bits per heavy atom. The Morgan fingerprint density at radius 1 is 1.36 bits per heavy atom. The highest BCUT2D eigenvalue weighted by Gasteiger charge is 2.25. The largest absolute Gasteiger partial charge is 0.381 e. The van der Waals surface area contributed by atoms with Crippen molar-refractivity contribution in [2.24, 2.45) is 17.1 Å². The first-order valence-electron chi connectivity index (χ1n) is 9.15. The van der Waals surface area contributed by atoms with E-state index in [1.165, 1.54) is 0 Å². The normalized spacial score (nSPS) is 22.4. The molecule has 1 fully saturated rings. The lowest BCUT2D eigenvalue weighted by Crippen LogP contribution is -2.30. The summed E-state index contributed by atoms with van der Waals surface area (Å²) in [6.45, 7) is 8.74. The Morgan fingerprint density at radius 3 is 2.52 bits per heavy atom. The molecular weight excluding hydrogens is 316 g/mol. The number of rotatable bonds is 6. The van der Waals surface area contributed by atoms with Gasteiger partial charge in [0.1, 0.15) is 0 Å². The van der Waals surface area contributed by atoms with Gasteiger partial charge >= 0.3 is 0 Å². The van der Waals surface area contributed by atoms with Crippen LogP contribution in [0.15, 0.2) is 6.20 Å². The van der Waals surface area contributed by atoms with Crippen molar-refractivity contribution in [2.45, 2.75) is 71.9 Å². The highest BCUT2D eigenvalue weighted by atomic mass is 16.5. The van der Waals surface area contributed by atoms with Gasteiger partial charge < -0.3 is 15.8 Å². The molecule has 1 aromatic rings. The number of aromatic nitrogens is 2. The van der Waals surface area contributed by atoms with Crippen LogP contribution in [0.2, 0.25) is 0 Å². The van der Waals surface area contributed by atoms with Gasteiger partial charge in [-0.3, -0.25) is 4.79 Å². The molecule has 1 aliphatic carbocycles. The molecule has 0 radical (unpaired) electrons. The summed E-state index contributed by atoms with van der Waals surface area (Å²) in [5, 5.41) is 3.41. The van der Waals surface area contributed by atoms with Gasteiger partial charge in [0.2, 0.25) is 5.95 Å². The number of nitrogens with one attached hydrogen (secondary N) is 1. The van der Waals surface area contributed by atoms with Crippen LogP contribution >= 0.6 is 0 Å².